The van der Waals surface area contributed by atoms with Crippen molar-refractivity contribution in [3.05, 3.63) is 227 Å². The van der Waals surface area contributed by atoms with Crippen molar-refractivity contribution in [1.29, 1.82) is 0 Å². The van der Waals surface area contributed by atoms with Crippen LogP contribution in [0, 0.1) is 0 Å². The third kappa shape index (κ3) is 13.7. The number of hydrogen-bond acceptors (Lipinski definition) is 16. The fraction of sp³-hybridized carbons (Fsp3) is 0.240. The van der Waals surface area contributed by atoms with Crippen LogP contribution >= 0.6 is 31.3 Å². The number of hydrogen-bond donors (Lipinski definition) is 0. The van der Waals surface area contributed by atoms with Gasteiger partial charge < -0.3 is 0 Å². The Labute approximate surface area is 406 Å². The molecule has 16 nitrogen and oxygen atoms in total. The molecule has 70 heavy (non-hydrogen) atoms. The first-order chi connectivity index (χ1) is 34.0. The maximum atomic E-state index is 15.1. The van der Waals surface area contributed by atoms with E-state index in [1.54, 1.807) is 146 Å². The predicted molar refractivity (Wildman–Crippen MR) is 256 cm³/mol. The highest BCUT2D eigenvalue weighted by atomic mass is 31.2. The standard InChI is InChI=1S/C50H50O16P4/c51-67(55-31-39-17-5-1-6-18-39,56-32-40-19-7-2-8-20-40)63-47-29-30-48(64-68(52,57-33-41-21-9-3-10-22-41)58-34-42-23-11-4-12-24-42)50(66-70(54)61-37-45-27-15-16-28-46(45)38-62-70)49(47)65-69(53)59-35-43-25-13-14-26-44(43)36-60-69/h1-30,47-50H,31-38H2/t47-,48-,49?,50?/m1/s1. The molecule has 4 atom stereocenters. The zero-order valence-electron chi connectivity index (χ0n) is 37.6. The molecule has 2 heterocycles. The normalized spacial score (nSPS) is 20.9. The van der Waals surface area contributed by atoms with Gasteiger partial charge in [-0.3, -0.25) is 54.3 Å². The van der Waals surface area contributed by atoms with Gasteiger partial charge in [0.25, 0.3) is 0 Å². The SMILES string of the molecule is O=P1(OC2C(OP3(=O)OCc4ccccc4CO3)[C@H](OP(=O)(OCc3ccccc3)OCc3ccccc3)C=C[C@H]2OP(=O)(OCc2ccccc2)OCc2ccccc2)OCc2ccccc2CO1. The molecule has 0 saturated heterocycles. The second-order valence-corrected chi connectivity index (χ2v) is 22.6. The lowest BCUT2D eigenvalue weighted by Gasteiger charge is -2.40. The summed E-state index contributed by atoms with van der Waals surface area (Å²) in [4.78, 5) is 0. The lowest BCUT2D eigenvalue weighted by atomic mass is 9.96. The number of phosphoric acid groups is 4. The van der Waals surface area contributed by atoms with E-state index in [0.29, 0.717) is 44.5 Å². The van der Waals surface area contributed by atoms with Gasteiger partial charge in [0.15, 0.2) is 0 Å². The van der Waals surface area contributed by atoms with Crippen molar-refractivity contribution < 1.29 is 72.5 Å². The molecule has 6 aromatic carbocycles. The first-order valence-corrected chi connectivity index (χ1v) is 28.1. The molecule has 6 aromatic rings. The average molecular weight is 1030 g/mol. The van der Waals surface area contributed by atoms with E-state index in [1.165, 1.54) is 12.2 Å². The fourth-order valence-electron chi connectivity index (χ4n) is 7.41. The quantitative estimate of drug-likeness (QED) is 0.0520. The van der Waals surface area contributed by atoms with Gasteiger partial charge >= 0.3 is 31.3 Å². The topological polar surface area (TPSA) is 179 Å². The second-order valence-electron chi connectivity index (χ2n) is 16.1. The highest BCUT2D eigenvalue weighted by molar-refractivity contribution is 7.49. The molecule has 0 N–H and O–H groups in total. The van der Waals surface area contributed by atoms with Gasteiger partial charge in [0.1, 0.15) is 24.4 Å². The Hall–Kier alpha value is -4.50. The van der Waals surface area contributed by atoms with Gasteiger partial charge in [-0.2, -0.15) is 0 Å². The van der Waals surface area contributed by atoms with Crippen LogP contribution < -0.4 is 0 Å². The first kappa shape index (κ1) is 50.4. The largest absolute Gasteiger partial charge is 0.476 e. The van der Waals surface area contributed by atoms with Crippen LogP contribution in [0.3, 0.4) is 0 Å². The molecule has 366 valence electrons. The maximum Gasteiger partial charge on any atom is 0.476 e. The van der Waals surface area contributed by atoms with Crippen molar-refractivity contribution in [2.45, 2.75) is 77.3 Å². The van der Waals surface area contributed by atoms with Crippen LogP contribution in [0.1, 0.15) is 44.5 Å². The van der Waals surface area contributed by atoms with Crippen molar-refractivity contribution in [2.75, 3.05) is 0 Å². The van der Waals surface area contributed by atoms with Gasteiger partial charge in [-0.15, -0.1) is 0 Å². The Morgan fingerprint density at radius 2 is 0.629 bits per heavy atom. The third-order valence-corrected chi connectivity index (χ3v) is 16.7. The molecule has 3 aliphatic rings. The summed E-state index contributed by atoms with van der Waals surface area (Å²) in [5, 5.41) is 0. The highest BCUT2D eigenvalue weighted by Crippen LogP contribution is 2.62. The Balaban J connectivity index is 1.11. The molecule has 0 aromatic heterocycles. The van der Waals surface area contributed by atoms with Crippen molar-refractivity contribution >= 4 is 31.3 Å². The number of phosphoric ester groups is 4. The summed E-state index contributed by atoms with van der Waals surface area (Å²) >= 11 is 0. The van der Waals surface area contributed by atoms with Crippen LogP contribution in [-0.4, -0.2) is 24.4 Å². The maximum absolute atomic E-state index is 15.1. The zero-order chi connectivity index (χ0) is 48.3. The van der Waals surface area contributed by atoms with Crippen LogP contribution in [0.25, 0.3) is 0 Å². The van der Waals surface area contributed by atoms with E-state index in [0.717, 1.165) is 0 Å². The van der Waals surface area contributed by atoms with Crippen molar-refractivity contribution in [3.8, 4) is 0 Å². The minimum atomic E-state index is -4.71. The summed E-state index contributed by atoms with van der Waals surface area (Å²) in [5.41, 5.74) is 5.29. The summed E-state index contributed by atoms with van der Waals surface area (Å²) in [6, 6.07) is 50.1. The highest BCUT2D eigenvalue weighted by Gasteiger charge is 2.53. The molecule has 0 radical (unpaired) electrons. The summed E-state index contributed by atoms with van der Waals surface area (Å²) in [7, 11) is -18.8. The van der Waals surface area contributed by atoms with Crippen molar-refractivity contribution in [1.82, 2.24) is 0 Å². The van der Waals surface area contributed by atoms with Crippen LogP contribution in [0.4, 0.5) is 0 Å². The molecule has 0 saturated carbocycles. The first-order valence-electron chi connectivity index (χ1n) is 22.3. The molecule has 0 amide bonds. The Morgan fingerprint density at radius 1 is 0.386 bits per heavy atom. The van der Waals surface area contributed by atoms with E-state index in [4.69, 9.17) is 54.3 Å². The molecule has 1 aliphatic carbocycles. The molecule has 20 heteroatoms. The monoisotopic (exact) mass is 1030 g/mol. The lowest BCUT2D eigenvalue weighted by molar-refractivity contribution is -0.0931. The van der Waals surface area contributed by atoms with E-state index < -0.39 is 55.7 Å². The summed E-state index contributed by atoms with van der Waals surface area (Å²) in [5.74, 6) is 0. The smallest absolute Gasteiger partial charge is 0.282 e. The van der Waals surface area contributed by atoms with Crippen molar-refractivity contribution in [3.63, 3.8) is 0 Å². The van der Waals surface area contributed by atoms with Crippen molar-refractivity contribution in [2.24, 2.45) is 0 Å². The molecule has 2 unspecified atom stereocenters. The van der Waals surface area contributed by atoms with E-state index in [1.807, 2.05) is 24.3 Å². The van der Waals surface area contributed by atoms with E-state index in [-0.39, 0.29) is 52.9 Å². The molecule has 0 bridgehead atoms. The van der Waals surface area contributed by atoms with Crippen LogP contribution in [0.2, 0.25) is 0 Å². The van der Waals surface area contributed by atoms with Crippen LogP contribution in [0.15, 0.2) is 182 Å². The minimum Gasteiger partial charge on any atom is -0.282 e. The average Bonchev–Trinajstić information content (AvgIpc) is 3.68. The Morgan fingerprint density at radius 3 is 0.886 bits per heavy atom. The van der Waals surface area contributed by atoms with E-state index in [2.05, 4.69) is 0 Å². The van der Waals surface area contributed by atoms with E-state index >= 15 is 9.13 Å². The number of benzene rings is 6. The summed E-state index contributed by atoms with van der Waals surface area (Å²) < 4.78 is 133. The molecule has 0 spiro atoms. The summed E-state index contributed by atoms with van der Waals surface area (Å²) in [6.45, 7) is -1.70. The van der Waals surface area contributed by atoms with Crippen LogP contribution in [-0.2, 0) is 125 Å². The third-order valence-electron chi connectivity index (χ3n) is 11.1. The summed E-state index contributed by atoms with van der Waals surface area (Å²) in [6.07, 6.45) is -4.21. The Kier molecular flexibility index (Phi) is 16.8. The van der Waals surface area contributed by atoms with Crippen LogP contribution in [0.5, 0.6) is 0 Å². The fourth-order valence-corrected chi connectivity index (χ4v) is 12.7. The molecular weight excluding hydrogens is 980 g/mol. The molecular formula is C50H50O16P4. The zero-order valence-corrected chi connectivity index (χ0v) is 41.2. The predicted octanol–water partition coefficient (Wildman–Crippen LogP) is 12.9. The van der Waals surface area contributed by atoms with Gasteiger partial charge in [-0.1, -0.05) is 182 Å². The van der Waals surface area contributed by atoms with Gasteiger partial charge in [0, 0.05) is 0 Å². The van der Waals surface area contributed by atoms with Gasteiger partial charge in [-0.05, 0) is 44.5 Å². The number of fused-ring (bicyclic) bond motifs is 2. The molecule has 2 aliphatic heterocycles. The van der Waals surface area contributed by atoms with Gasteiger partial charge in [0.05, 0.1) is 52.9 Å². The lowest BCUT2D eigenvalue weighted by Crippen LogP contribution is -2.50. The number of rotatable bonds is 20. The molecule has 0 fully saturated rings. The van der Waals surface area contributed by atoms with E-state index in [9.17, 15) is 9.13 Å². The second kappa shape index (κ2) is 23.4. The van der Waals surface area contributed by atoms with Gasteiger partial charge in [0.2, 0.25) is 0 Å². The minimum absolute atomic E-state index is 0.204. The van der Waals surface area contributed by atoms with Gasteiger partial charge in [-0.25, -0.2) is 18.3 Å². The Bertz CT molecular complexity index is 2520. The molecule has 9 rings (SSSR count).